The van der Waals surface area contributed by atoms with E-state index in [1.807, 2.05) is 6.92 Å². The minimum atomic E-state index is -0.670. The number of nitrogens with zero attached hydrogens (tertiary/aromatic N) is 1. The van der Waals surface area contributed by atoms with Crippen LogP contribution in [-0.2, 0) is 14.4 Å². The second-order valence-electron chi connectivity index (χ2n) is 5.97. The fraction of sp³-hybridized carbons (Fsp3) is 0.471. The quantitative estimate of drug-likeness (QED) is 0.722. The highest BCUT2D eigenvalue weighted by atomic mass is 16.7. The molecule has 6 nitrogen and oxygen atoms in total. The number of hydroxylamine groups is 2. The molecular weight excluding hydrogens is 298 g/mol. The lowest BCUT2D eigenvalue weighted by atomic mass is 10.1. The largest absolute Gasteiger partial charge is 0.378 e. The van der Waals surface area contributed by atoms with Gasteiger partial charge in [0.1, 0.15) is 0 Å². The first-order valence-electron chi connectivity index (χ1n) is 7.70. The zero-order valence-corrected chi connectivity index (χ0v) is 13.6. The van der Waals surface area contributed by atoms with Crippen molar-refractivity contribution in [2.45, 2.75) is 39.7 Å². The van der Waals surface area contributed by atoms with Gasteiger partial charge in [-0.05, 0) is 31.4 Å². The molecule has 0 spiro atoms. The van der Waals surface area contributed by atoms with Gasteiger partial charge in [0.25, 0.3) is 11.8 Å². The van der Waals surface area contributed by atoms with Gasteiger partial charge in [-0.25, -0.2) is 4.79 Å². The van der Waals surface area contributed by atoms with Gasteiger partial charge in [-0.1, -0.05) is 31.0 Å². The number of fused-ring (bicyclic) bond motifs is 1. The molecule has 1 aliphatic heterocycles. The number of hydrogen-bond acceptors (Lipinski definition) is 5. The van der Waals surface area contributed by atoms with Crippen molar-refractivity contribution in [3.05, 3.63) is 35.4 Å². The monoisotopic (exact) mass is 319 g/mol. The predicted octanol–water partition coefficient (Wildman–Crippen LogP) is 2.58. The minimum Gasteiger partial charge on any atom is -0.378 e. The van der Waals surface area contributed by atoms with Crippen LogP contribution in [0.1, 0.15) is 54.3 Å². The maximum atomic E-state index is 12.0. The lowest BCUT2D eigenvalue weighted by Gasteiger charge is -2.16. The van der Waals surface area contributed by atoms with Crippen LogP contribution >= 0.6 is 0 Å². The van der Waals surface area contributed by atoms with E-state index in [4.69, 9.17) is 9.57 Å². The summed E-state index contributed by atoms with van der Waals surface area (Å²) in [5, 5.41) is 0.518. The Morgan fingerprint density at radius 3 is 2.17 bits per heavy atom. The van der Waals surface area contributed by atoms with Gasteiger partial charge in [-0.2, -0.15) is 0 Å². The van der Waals surface area contributed by atoms with Crippen molar-refractivity contribution in [1.29, 1.82) is 0 Å². The average Bonchev–Trinajstić information content (AvgIpc) is 2.72. The van der Waals surface area contributed by atoms with E-state index in [9.17, 15) is 14.4 Å². The number of hydrogen-bond donors (Lipinski definition) is 0. The van der Waals surface area contributed by atoms with E-state index in [2.05, 4.69) is 13.8 Å². The number of ether oxygens (including phenoxy) is 1. The van der Waals surface area contributed by atoms with Crippen molar-refractivity contribution >= 4 is 17.8 Å². The Bertz CT molecular complexity index is 576. The number of rotatable bonds is 7. The zero-order chi connectivity index (χ0) is 17.0. The third kappa shape index (κ3) is 4.16. The first-order valence-corrected chi connectivity index (χ1v) is 7.70. The molecule has 0 saturated heterocycles. The van der Waals surface area contributed by atoms with Gasteiger partial charge < -0.3 is 9.57 Å². The van der Waals surface area contributed by atoms with E-state index in [1.165, 1.54) is 12.1 Å². The number of imide groups is 1. The standard InChI is InChI=1S/C17H21NO5/c1-11(2)10-12(3)22-9-8-15(19)23-18-16(20)13-6-4-5-7-14(13)17(18)21/h4-7,11-12H,8-10H2,1-3H3. The van der Waals surface area contributed by atoms with Gasteiger partial charge in [0, 0.05) is 0 Å². The van der Waals surface area contributed by atoms with E-state index in [0.29, 0.717) is 11.0 Å². The van der Waals surface area contributed by atoms with Gasteiger partial charge in [-0.3, -0.25) is 9.59 Å². The lowest BCUT2D eigenvalue weighted by Crippen LogP contribution is -2.33. The molecule has 1 atom stereocenters. The van der Waals surface area contributed by atoms with Crippen LogP contribution in [0.5, 0.6) is 0 Å². The second kappa shape index (κ2) is 7.37. The molecule has 124 valence electrons. The molecule has 2 amide bonds. The molecule has 1 aliphatic rings. The molecule has 0 fully saturated rings. The minimum absolute atomic E-state index is 0.0180. The molecule has 0 aromatic heterocycles. The normalized spacial score (nSPS) is 15.0. The van der Waals surface area contributed by atoms with Gasteiger partial charge in [0.15, 0.2) is 0 Å². The van der Waals surface area contributed by atoms with Crippen molar-refractivity contribution in [3.63, 3.8) is 0 Å². The van der Waals surface area contributed by atoms with Crippen LogP contribution < -0.4 is 0 Å². The van der Waals surface area contributed by atoms with Crippen LogP contribution in [-0.4, -0.2) is 35.6 Å². The maximum absolute atomic E-state index is 12.0. The summed E-state index contributed by atoms with van der Waals surface area (Å²) in [4.78, 5) is 40.8. The van der Waals surface area contributed by atoms with E-state index in [0.717, 1.165) is 6.42 Å². The first kappa shape index (κ1) is 17.1. The Morgan fingerprint density at radius 2 is 1.65 bits per heavy atom. The zero-order valence-electron chi connectivity index (χ0n) is 13.6. The van der Waals surface area contributed by atoms with Crippen LogP contribution in [0.4, 0.5) is 0 Å². The van der Waals surface area contributed by atoms with Crippen molar-refractivity contribution in [3.8, 4) is 0 Å². The summed E-state index contributed by atoms with van der Waals surface area (Å²) in [5.74, 6) is -1.40. The Morgan fingerprint density at radius 1 is 1.09 bits per heavy atom. The molecular formula is C17H21NO5. The number of amides is 2. The highest BCUT2D eigenvalue weighted by molar-refractivity contribution is 6.20. The van der Waals surface area contributed by atoms with Crippen molar-refractivity contribution in [1.82, 2.24) is 5.06 Å². The molecule has 0 aliphatic carbocycles. The second-order valence-corrected chi connectivity index (χ2v) is 5.97. The molecule has 0 saturated carbocycles. The molecule has 6 heteroatoms. The van der Waals surface area contributed by atoms with E-state index in [1.54, 1.807) is 12.1 Å². The molecule has 1 heterocycles. The van der Waals surface area contributed by atoms with Crippen LogP contribution in [0.3, 0.4) is 0 Å². The summed E-state index contributed by atoms with van der Waals surface area (Å²) in [6.45, 7) is 6.32. The van der Waals surface area contributed by atoms with Crippen molar-refractivity contribution in [2.75, 3.05) is 6.61 Å². The summed E-state index contributed by atoms with van der Waals surface area (Å²) in [6.07, 6.45) is 0.922. The fourth-order valence-corrected chi connectivity index (χ4v) is 2.47. The van der Waals surface area contributed by atoms with Gasteiger partial charge in [0.05, 0.1) is 30.3 Å². The number of carbonyl (C=O) groups is 3. The van der Waals surface area contributed by atoms with Gasteiger partial charge >= 0.3 is 5.97 Å². The van der Waals surface area contributed by atoms with E-state index < -0.39 is 17.8 Å². The highest BCUT2D eigenvalue weighted by Gasteiger charge is 2.38. The third-order valence-corrected chi connectivity index (χ3v) is 3.46. The highest BCUT2D eigenvalue weighted by Crippen LogP contribution is 2.22. The van der Waals surface area contributed by atoms with Crippen molar-refractivity contribution in [2.24, 2.45) is 5.92 Å². The van der Waals surface area contributed by atoms with Crippen LogP contribution in [0.2, 0.25) is 0 Å². The van der Waals surface area contributed by atoms with Crippen LogP contribution in [0.25, 0.3) is 0 Å². The van der Waals surface area contributed by atoms with Crippen LogP contribution in [0, 0.1) is 5.92 Å². The maximum Gasteiger partial charge on any atom is 0.335 e. The topological polar surface area (TPSA) is 72.9 Å². The molecule has 0 N–H and O–H groups in total. The SMILES string of the molecule is CC(C)CC(C)OCCC(=O)ON1C(=O)c2ccccc2C1=O. The molecule has 1 aromatic carbocycles. The van der Waals surface area contributed by atoms with E-state index >= 15 is 0 Å². The first-order chi connectivity index (χ1) is 10.9. The van der Waals surface area contributed by atoms with Crippen molar-refractivity contribution < 1.29 is 24.0 Å². The Hall–Kier alpha value is -2.21. The molecule has 2 rings (SSSR count). The lowest BCUT2D eigenvalue weighted by molar-refractivity contribution is -0.170. The number of carbonyl (C=O) groups excluding carboxylic acids is 3. The Labute approximate surface area is 135 Å². The Balaban J connectivity index is 1.83. The predicted molar refractivity (Wildman–Crippen MR) is 82.5 cm³/mol. The molecule has 1 aromatic rings. The summed E-state index contributed by atoms with van der Waals surface area (Å²) in [7, 11) is 0. The fourth-order valence-electron chi connectivity index (χ4n) is 2.47. The van der Waals surface area contributed by atoms with E-state index in [-0.39, 0.29) is 30.3 Å². The van der Waals surface area contributed by atoms with Gasteiger partial charge in [0.2, 0.25) is 0 Å². The molecule has 0 bridgehead atoms. The molecule has 1 unspecified atom stereocenters. The molecule has 23 heavy (non-hydrogen) atoms. The smallest absolute Gasteiger partial charge is 0.335 e. The number of benzene rings is 1. The summed E-state index contributed by atoms with van der Waals surface area (Å²) in [6, 6.07) is 6.36. The van der Waals surface area contributed by atoms with Crippen LogP contribution in [0.15, 0.2) is 24.3 Å². The average molecular weight is 319 g/mol. The molecule has 0 radical (unpaired) electrons. The van der Waals surface area contributed by atoms with Gasteiger partial charge in [-0.15, -0.1) is 0 Å². The summed E-state index contributed by atoms with van der Waals surface area (Å²) in [5.41, 5.74) is 0.485. The third-order valence-electron chi connectivity index (χ3n) is 3.46. The Kier molecular flexibility index (Phi) is 5.50. The summed E-state index contributed by atoms with van der Waals surface area (Å²) >= 11 is 0. The summed E-state index contributed by atoms with van der Waals surface area (Å²) < 4.78 is 5.51.